The Hall–Kier alpha value is -0.580. The van der Waals surface area contributed by atoms with E-state index in [-0.39, 0.29) is 0 Å². The summed E-state index contributed by atoms with van der Waals surface area (Å²) in [6, 6.07) is 7.20. The molecule has 1 atom stereocenters. The summed E-state index contributed by atoms with van der Waals surface area (Å²) in [7, 11) is 0. The van der Waals surface area contributed by atoms with E-state index in [1.807, 2.05) is 0 Å². The zero-order chi connectivity index (χ0) is 15.1. The highest BCUT2D eigenvalue weighted by atomic mass is 79.9. The van der Waals surface area contributed by atoms with Gasteiger partial charge in [-0.2, -0.15) is 0 Å². The Labute approximate surface area is 136 Å². The molecule has 0 radical (unpaired) electrons. The summed E-state index contributed by atoms with van der Waals surface area (Å²) in [4.78, 5) is 2.55. The zero-order valence-corrected chi connectivity index (χ0v) is 14.5. The molecule has 3 nitrogen and oxygen atoms in total. The van der Waals surface area contributed by atoms with Crippen LogP contribution in [0.2, 0.25) is 0 Å². The molecule has 0 amide bonds. The lowest BCUT2D eigenvalue weighted by atomic mass is 10.1. The number of anilines is 1. The Balaban J connectivity index is 2.13. The third kappa shape index (κ3) is 4.70. The second-order valence-corrected chi connectivity index (χ2v) is 6.72. The van der Waals surface area contributed by atoms with Crippen molar-refractivity contribution in [2.24, 2.45) is 0 Å². The fourth-order valence-corrected chi connectivity index (χ4v) is 3.56. The van der Waals surface area contributed by atoms with Crippen LogP contribution in [0.15, 0.2) is 22.7 Å². The van der Waals surface area contributed by atoms with Gasteiger partial charge in [0.1, 0.15) is 0 Å². The molecule has 4 heteroatoms. The van der Waals surface area contributed by atoms with Gasteiger partial charge in [-0.05, 0) is 62.4 Å². The summed E-state index contributed by atoms with van der Waals surface area (Å²) in [6.07, 6.45) is 5.66. The molecule has 1 aliphatic heterocycles. The van der Waals surface area contributed by atoms with Gasteiger partial charge in [0.25, 0.3) is 0 Å². The number of aliphatic hydroxyl groups excluding tert-OH is 1. The van der Waals surface area contributed by atoms with Gasteiger partial charge in [-0.15, -0.1) is 0 Å². The largest absolute Gasteiger partial charge is 0.396 e. The lowest BCUT2D eigenvalue weighted by molar-refractivity contribution is 0.279. The van der Waals surface area contributed by atoms with E-state index in [9.17, 15) is 0 Å². The molecule has 21 heavy (non-hydrogen) atoms. The number of rotatable bonds is 8. The monoisotopic (exact) mass is 354 g/mol. The lowest BCUT2D eigenvalue weighted by Crippen LogP contribution is -2.31. The number of hydrogen-bond acceptors (Lipinski definition) is 3. The molecule has 1 unspecified atom stereocenters. The normalized spacial score (nSPS) is 18.4. The van der Waals surface area contributed by atoms with E-state index in [1.54, 1.807) is 0 Å². The van der Waals surface area contributed by atoms with E-state index in [0.717, 1.165) is 43.4 Å². The van der Waals surface area contributed by atoms with Gasteiger partial charge in [0, 0.05) is 35.9 Å². The molecule has 1 aliphatic rings. The molecule has 1 heterocycles. The smallest absolute Gasteiger partial charge is 0.0431 e. The summed E-state index contributed by atoms with van der Waals surface area (Å²) in [5.74, 6) is 0. The highest BCUT2D eigenvalue weighted by Crippen LogP contribution is 2.32. The molecule has 0 bridgehead atoms. The second kappa shape index (κ2) is 8.76. The van der Waals surface area contributed by atoms with E-state index < -0.39 is 0 Å². The van der Waals surface area contributed by atoms with Crippen LogP contribution < -0.4 is 10.2 Å². The first-order chi connectivity index (χ1) is 10.3. The molecule has 0 aliphatic carbocycles. The molecule has 0 aromatic heterocycles. The van der Waals surface area contributed by atoms with Crippen LogP contribution in [0.3, 0.4) is 0 Å². The Morgan fingerprint density at radius 1 is 1.43 bits per heavy atom. The van der Waals surface area contributed by atoms with Gasteiger partial charge in [-0.3, -0.25) is 0 Å². The van der Waals surface area contributed by atoms with Crippen molar-refractivity contribution in [3.63, 3.8) is 0 Å². The molecule has 118 valence electrons. The maximum Gasteiger partial charge on any atom is 0.0431 e. The average Bonchev–Trinajstić information content (AvgIpc) is 2.94. The van der Waals surface area contributed by atoms with Crippen LogP contribution in [0.5, 0.6) is 0 Å². The van der Waals surface area contributed by atoms with Crippen molar-refractivity contribution in [1.82, 2.24) is 5.32 Å². The summed E-state index contributed by atoms with van der Waals surface area (Å²) in [6.45, 7) is 5.61. The van der Waals surface area contributed by atoms with Crippen molar-refractivity contribution in [1.29, 1.82) is 0 Å². The maximum atomic E-state index is 9.08. The number of nitrogens with one attached hydrogen (secondary N) is 1. The quantitative estimate of drug-likeness (QED) is 0.698. The number of nitrogens with zero attached hydrogens (tertiary/aromatic N) is 1. The van der Waals surface area contributed by atoms with E-state index in [4.69, 9.17) is 5.11 Å². The minimum atomic E-state index is 0.301. The SMILES string of the molecule is CCCNCc1cc(Br)ccc1N1CCCC1CCCO. The van der Waals surface area contributed by atoms with E-state index >= 15 is 0 Å². The fraction of sp³-hybridized carbons (Fsp3) is 0.647. The molecule has 1 aromatic rings. The third-order valence-electron chi connectivity index (χ3n) is 4.17. The Morgan fingerprint density at radius 3 is 3.05 bits per heavy atom. The van der Waals surface area contributed by atoms with Gasteiger partial charge in [0.15, 0.2) is 0 Å². The summed E-state index contributed by atoms with van der Waals surface area (Å²) in [5, 5.41) is 12.6. The van der Waals surface area contributed by atoms with Gasteiger partial charge >= 0.3 is 0 Å². The van der Waals surface area contributed by atoms with Crippen molar-refractivity contribution in [3.05, 3.63) is 28.2 Å². The number of hydrogen-bond donors (Lipinski definition) is 2. The molecular weight excluding hydrogens is 328 g/mol. The van der Waals surface area contributed by atoms with Crippen molar-refractivity contribution in [2.75, 3.05) is 24.6 Å². The molecule has 0 spiro atoms. The van der Waals surface area contributed by atoms with E-state index in [2.05, 4.69) is 51.3 Å². The standard InChI is InChI=1S/C17H27BrN2O/c1-2-9-19-13-14-12-15(18)7-8-17(14)20-10-3-5-16(20)6-4-11-21/h7-8,12,16,19,21H,2-6,9-11,13H2,1H3. The molecule has 2 N–H and O–H groups in total. The summed E-state index contributed by atoms with van der Waals surface area (Å²) < 4.78 is 1.14. The van der Waals surface area contributed by atoms with Crippen molar-refractivity contribution in [3.8, 4) is 0 Å². The number of aliphatic hydroxyl groups is 1. The van der Waals surface area contributed by atoms with Gasteiger partial charge < -0.3 is 15.3 Å². The van der Waals surface area contributed by atoms with E-state index in [1.165, 1.54) is 24.1 Å². The minimum Gasteiger partial charge on any atom is -0.396 e. The minimum absolute atomic E-state index is 0.301. The Kier molecular flexibility index (Phi) is 7.00. The zero-order valence-electron chi connectivity index (χ0n) is 12.9. The molecule has 1 saturated heterocycles. The Bertz CT molecular complexity index is 439. The highest BCUT2D eigenvalue weighted by Gasteiger charge is 2.25. The van der Waals surface area contributed by atoms with Gasteiger partial charge in [-0.25, -0.2) is 0 Å². The van der Waals surface area contributed by atoms with Crippen LogP contribution in [-0.4, -0.2) is 30.8 Å². The molecule has 1 fully saturated rings. The van der Waals surface area contributed by atoms with Crippen LogP contribution in [0.4, 0.5) is 5.69 Å². The van der Waals surface area contributed by atoms with Crippen LogP contribution in [0.25, 0.3) is 0 Å². The maximum absolute atomic E-state index is 9.08. The molecule has 0 saturated carbocycles. The molecular formula is C17H27BrN2O. The van der Waals surface area contributed by atoms with Gasteiger partial charge in [-0.1, -0.05) is 22.9 Å². The third-order valence-corrected chi connectivity index (χ3v) is 4.66. The fourth-order valence-electron chi connectivity index (χ4n) is 3.16. The first kappa shape index (κ1) is 16.8. The lowest BCUT2D eigenvalue weighted by Gasteiger charge is -2.29. The number of halogens is 1. The molecule has 1 aromatic carbocycles. The number of benzene rings is 1. The van der Waals surface area contributed by atoms with Gasteiger partial charge in [0.2, 0.25) is 0 Å². The molecule has 2 rings (SSSR count). The van der Waals surface area contributed by atoms with Crippen molar-refractivity contribution in [2.45, 2.75) is 51.6 Å². The van der Waals surface area contributed by atoms with Crippen LogP contribution >= 0.6 is 15.9 Å². The highest BCUT2D eigenvalue weighted by molar-refractivity contribution is 9.10. The Morgan fingerprint density at radius 2 is 2.29 bits per heavy atom. The first-order valence-corrected chi connectivity index (χ1v) is 8.92. The predicted molar refractivity (Wildman–Crippen MR) is 92.8 cm³/mol. The summed E-state index contributed by atoms with van der Waals surface area (Å²) >= 11 is 3.59. The van der Waals surface area contributed by atoms with Crippen molar-refractivity contribution < 1.29 is 5.11 Å². The summed E-state index contributed by atoms with van der Waals surface area (Å²) in [5.41, 5.74) is 2.73. The topological polar surface area (TPSA) is 35.5 Å². The first-order valence-electron chi connectivity index (χ1n) is 8.13. The van der Waals surface area contributed by atoms with Crippen LogP contribution in [-0.2, 0) is 6.54 Å². The van der Waals surface area contributed by atoms with E-state index in [0.29, 0.717) is 12.6 Å². The average molecular weight is 355 g/mol. The van der Waals surface area contributed by atoms with Crippen LogP contribution in [0.1, 0.15) is 44.6 Å². The van der Waals surface area contributed by atoms with Crippen LogP contribution in [0, 0.1) is 0 Å². The van der Waals surface area contributed by atoms with Crippen molar-refractivity contribution >= 4 is 21.6 Å². The second-order valence-electron chi connectivity index (χ2n) is 5.81. The van der Waals surface area contributed by atoms with Gasteiger partial charge in [0.05, 0.1) is 0 Å². The predicted octanol–water partition coefficient (Wildman–Crippen LogP) is 3.69.